The average Bonchev–Trinajstić information content (AvgIpc) is 3.47. The van der Waals surface area contributed by atoms with Crippen molar-refractivity contribution in [1.82, 2.24) is 0 Å². The maximum Gasteiger partial charge on any atom is 0.266 e. The average molecular weight is 609 g/mol. The van der Waals surface area contributed by atoms with Crippen molar-refractivity contribution in [3.63, 3.8) is 0 Å². The lowest BCUT2D eigenvalue weighted by Crippen LogP contribution is -2.31. The minimum atomic E-state index is -0.522. The van der Waals surface area contributed by atoms with E-state index in [9.17, 15) is 19.2 Å². The fourth-order valence-corrected chi connectivity index (χ4v) is 5.99. The summed E-state index contributed by atoms with van der Waals surface area (Å²) in [5.74, 6) is -1.86. The van der Waals surface area contributed by atoms with E-state index < -0.39 is 23.6 Å². The highest BCUT2D eigenvalue weighted by molar-refractivity contribution is 6.36. The molecule has 0 spiro atoms. The summed E-state index contributed by atoms with van der Waals surface area (Å²) in [6.07, 6.45) is 0. The molecule has 4 amide bonds. The number of aryl methyl sites for hydroxylation is 2. The molecule has 5 aromatic rings. The number of anilines is 2. The Morgan fingerprint density at radius 2 is 0.739 bits per heavy atom. The molecule has 226 valence electrons. The number of carbonyl (C=O) groups excluding carboxylic acids is 4. The molecular weight excluding hydrogens is 580 g/mol. The molecule has 0 unspecified atom stereocenters. The minimum Gasteiger partial charge on any atom is -0.494 e. The van der Waals surface area contributed by atoms with Crippen molar-refractivity contribution < 1.29 is 28.7 Å². The van der Waals surface area contributed by atoms with Crippen LogP contribution in [0.4, 0.5) is 11.4 Å². The van der Waals surface area contributed by atoms with Crippen LogP contribution in [0.15, 0.2) is 97.1 Å². The van der Waals surface area contributed by atoms with Gasteiger partial charge in [0.2, 0.25) is 0 Å². The number of methoxy groups -OCH3 is 2. The first kappa shape index (κ1) is 28.7. The van der Waals surface area contributed by atoms with Crippen LogP contribution in [0.25, 0.3) is 22.3 Å². The fourth-order valence-electron chi connectivity index (χ4n) is 5.99. The van der Waals surface area contributed by atoms with Crippen LogP contribution in [0.3, 0.4) is 0 Å². The van der Waals surface area contributed by atoms with Crippen molar-refractivity contribution in [3.8, 4) is 33.8 Å². The van der Waals surface area contributed by atoms with Gasteiger partial charge in [-0.3, -0.25) is 19.2 Å². The maximum atomic E-state index is 13.8. The number of fused-ring (bicyclic) bond motifs is 2. The van der Waals surface area contributed by atoms with Crippen molar-refractivity contribution in [1.29, 1.82) is 0 Å². The number of hydrogen-bond donors (Lipinski definition) is 0. The second kappa shape index (κ2) is 10.9. The standard InChI is InChI=1S/C38H28N2O6/c1-21-5-9-23(10-6-21)25-13-15-27-29(17-25)37(43)39(35(27)41)31-19-34(46-4)32(20-33(31)45-3)40-36(42)28-16-14-26(18-30(28)38(40)44)24-11-7-22(2)8-12-24/h5-20H,1-4H3. The Hall–Kier alpha value is -6.02. The summed E-state index contributed by atoms with van der Waals surface area (Å²) in [4.78, 5) is 56.8. The molecule has 0 atom stereocenters. The molecule has 0 radical (unpaired) electrons. The maximum absolute atomic E-state index is 13.8. The van der Waals surface area contributed by atoms with Gasteiger partial charge in [-0.15, -0.1) is 0 Å². The molecule has 0 N–H and O–H groups in total. The molecule has 0 aliphatic carbocycles. The number of ether oxygens (including phenoxy) is 2. The first-order chi connectivity index (χ1) is 22.2. The summed E-state index contributed by atoms with van der Waals surface area (Å²) in [5.41, 5.74) is 6.97. The third-order valence-corrected chi connectivity index (χ3v) is 8.51. The first-order valence-electron chi connectivity index (χ1n) is 14.7. The zero-order valence-corrected chi connectivity index (χ0v) is 25.6. The van der Waals surface area contributed by atoms with Gasteiger partial charge >= 0.3 is 0 Å². The second-order valence-corrected chi connectivity index (χ2v) is 11.3. The summed E-state index contributed by atoms with van der Waals surface area (Å²) in [6.45, 7) is 3.99. The molecule has 0 saturated heterocycles. The summed E-state index contributed by atoms with van der Waals surface area (Å²) < 4.78 is 11.3. The van der Waals surface area contributed by atoms with E-state index in [1.165, 1.54) is 26.4 Å². The van der Waals surface area contributed by atoms with Gasteiger partial charge < -0.3 is 9.47 Å². The van der Waals surface area contributed by atoms with Crippen LogP contribution in [-0.4, -0.2) is 37.8 Å². The van der Waals surface area contributed by atoms with Gasteiger partial charge in [0, 0.05) is 12.1 Å². The van der Waals surface area contributed by atoms with Gasteiger partial charge in [-0.25, -0.2) is 9.80 Å². The molecule has 2 heterocycles. The largest absolute Gasteiger partial charge is 0.494 e. The second-order valence-electron chi connectivity index (χ2n) is 11.3. The van der Waals surface area contributed by atoms with Gasteiger partial charge in [0.1, 0.15) is 11.5 Å². The quantitative estimate of drug-likeness (QED) is 0.189. The van der Waals surface area contributed by atoms with Gasteiger partial charge in [0.25, 0.3) is 23.6 Å². The lowest BCUT2D eigenvalue weighted by molar-refractivity contribution is 0.0908. The van der Waals surface area contributed by atoms with Crippen LogP contribution in [0.2, 0.25) is 0 Å². The van der Waals surface area contributed by atoms with Crippen molar-refractivity contribution in [2.45, 2.75) is 13.8 Å². The lowest BCUT2D eigenvalue weighted by atomic mass is 9.99. The molecule has 7 rings (SSSR count). The van der Waals surface area contributed by atoms with E-state index in [0.29, 0.717) is 0 Å². The van der Waals surface area contributed by atoms with Gasteiger partial charge in [-0.2, -0.15) is 0 Å². The summed E-state index contributed by atoms with van der Waals surface area (Å²) in [7, 11) is 2.78. The Kier molecular flexibility index (Phi) is 6.78. The number of hydrogen-bond acceptors (Lipinski definition) is 6. The Labute approximate surface area is 265 Å². The van der Waals surface area contributed by atoms with E-state index in [4.69, 9.17) is 9.47 Å². The molecule has 8 heteroatoms. The molecule has 2 aliphatic rings. The van der Waals surface area contributed by atoms with Crippen molar-refractivity contribution >= 4 is 35.0 Å². The zero-order chi connectivity index (χ0) is 32.3. The van der Waals surface area contributed by atoms with Gasteiger partial charge in [-0.05, 0) is 60.4 Å². The minimum absolute atomic E-state index is 0.112. The number of amides is 4. The molecule has 8 nitrogen and oxygen atoms in total. The third-order valence-electron chi connectivity index (χ3n) is 8.51. The summed E-state index contributed by atoms with van der Waals surface area (Å²) >= 11 is 0. The summed E-state index contributed by atoms with van der Waals surface area (Å²) in [5, 5.41) is 0. The van der Waals surface area contributed by atoms with Crippen LogP contribution < -0.4 is 19.3 Å². The molecule has 0 saturated carbocycles. The highest BCUT2D eigenvalue weighted by atomic mass is 16.5. The van der Waals surface area contributed by atoms with E-state index in [-0.39, 0.29) is 45.1 Å². The van der Waals surface area contributed by atoms with Gasteiger partial charge in [0.15, 0.2) is 0 Å². The monoisotopic (exact) mass is 608 g/mol. The van der Waals surface area contributed by atoms with Crippen molar-refractivity contribution in [2.24, 2.45) is 0 Å². The predicted molar refractivity (Wildman–Crippen MR) is 175 cm³/mol. The van der Waals surface area contributed by atoms with Crippen LogP contribution in [0, 0.1) is 13.8 Å². The SMILES string of the molecule is COc1cc(N2C(=O)c3ccc(-c4ccc(C)cc4)cc3C2=O)c(OC)cc1N1C(=O)c2ccc(-c3ccc(C)cc3)cc2C1=O. The van der Waals surface area contributed by atoms with Crippen LogP contribution >= 0.6 is 0 Å². The van der Waals surface area contributed by atoms with E-state index >= 15 is 0 Å². The summed E-state index contributed by atoms with van der Waals surface area (Å²) in [6, 6.07) is 29.0. The number of benzene rings is 5. The first-order valence-corrected chi connectivity index (χ1v) is 14.7. The topological polar surface area (TPSA) is 93.2 Å². The van der Waals surface area contributed by atoms with Crippen LogP contribution in [0.1, 0.15) is 52.6 Å². The zero-order valence-electron chi connectivity index (χ0n) is 25.6. The van der Waals surface area contributed by atoms with E-state index in [1.807, 2.05) is 74.5 Å². The molecule has 46 heavy (non-hydrogen) atoms. The molecule has 2 aliphatic heterocycles. The molecular formula is C38H28N2O6. The number of carbonyl (C=O) groups is 4. The molecule has 5 aromatic carbocycles. The Balaban J connectivity index is 1.25. The van der Waals surface area contributed by atoms with E-state index in [0.717, 1.165) is 43.2 Å². The highest BCUT2D eigenvalue weighted by Gasteiger charge is 2.42. The van der Waals surface area contributed by atoms with Crippen molar-refractivity contribution in [2.75, 3.05) is 24.0 Å². The van der Waals surface area contributed by atoms with E-state index in [1.54, 1.807) is 24.3 Å². The van der Waals surface area contributed by atoms with Crippen LogP contribution in [0.5, 0.6) is 11.5 Å². The molecule has 0 aromatic heterocycles. The van der Waals surface area contributed by atoms with Gasteiger partial charge in [0.05, 0.1) is 47.8 Å². The fraction of sp³-hybridized carbons (Fsp3) is 0.105. The van der Waals surface area contributed by atoms with Crippen LogP contribution in [-0.2, 0) is 0 Å². The predicted octanol–water partition coefficient (Wildman–Crippen LogP) is 7.26. The van der Waals surface area contributed by atoms with E-state index in [2.05, 4.69) is 0 Å². The normalized spacial score (nSPS) is 13.7. The van der Waals surface area contributed by atoms with Gasteiger partial charge in [-0.1, -0.05) is 71.8 Å². The Morgan fingerprint density at radius 1 is 0.413 bits per heavy atom. The smallest absolute Gasteiger partial charge is 0.266 e. The Bertz CT molecular complexity index is 1960. The number of rotatable bonds is 6. The highest BCUT2D eigenvalue weighted by Crippen LogP contribution is 2.45. The third kappa shape index (κ3) is 4.45. The number of imide groups is 2. The Morgan fingerprint density at radius 3 is 1.09 bits per heavy atom. The molecule has 0 bridgehead atoms. The number of nitrogens with zero attached hydrogens (tertiary/aromatic N) is 2. The lowest BCUT2D eigenvalue weighted by Gasteiger charge is -2.23. The van der Waals surface area contributed by atoms with Crippen molar-refractivity contribution in [3.05, 3.63) is 130 Å². The molecule has 0 fully saturated rings.